The Morgan fingerprint density at radius 1 is 1.21 bits per heavy atom. The Morgan fingerprint density at radius 3 is 2.47 bits per heavy atom. The van der Waals surface area contributed by atoms with Crippen molar-refractivity contribution in [3.05, 3.63) is 51.5 Å². The number of fused-ring (bicyclic) bond motifs is 3. The van der Waals surface area contributed by atoms with Crippen LogP contribution in [0.5, 0.6) is 5.75 Å². The van der Waals surface area contributed by atoms with Crippen molar-refractivity contribution in [2.45, 2.75) is 38.0 Å². The van der Waals surface area contributed by atoms with Crippen molar-refractivity contribution >= 4 is 17.3 Å². The van der Waals surface area contributed by atoms with E-state index in [1.807, 2.05) is 0 Å². The molecule has 0 saturated heterocycles. The first kappa shape index (κ1) is 27.9. The van der Waals surface area contributed by atoms with Gasteiger partial charge in [-0.3, -0.25) is 19.3 Å². The molecular formula is C27H34N2O9. The summed E-state index contributed by atoms with van der Waals surface area (Å²) in [6.07, 6.45) is 0.0211. The normalized spacial score (nSPS) is 28.9. The molecule has 0 radical (unpaired) electrons. The lowest BCUT2D eigenvalue weighted by atomic mass is 9.52. The first-order chi connectivity index (χ1) is 17.9. The summed E-state index contributed by atoms with van der Waals surface area (Å²) < 4.78 is 5.71. The second kappa shape index (κ2) is 9.90. The van der Waals surface area contributed by atoms with Crippen LogP contribution < -0.4 is 5.32 Å². The summed E-state index contributed by atoms with van der Waals surface area (Å²) in [6, 6.07) is 2.01. The van der Waals surface area contributed by atoms with Crippen molar-refractivity contribution in [2.75, 3.05) is 41.0 Å². The summed E-state index contributed by atoms with van der Waals surface area (Å²) in [5.74, 6) is -5.65. The van der Waals surface area contributed by atoms with E-state index in [0.29, 0.717) is 12.1 Å². The van der Waals surface area contributed by atoms with Crippen LogP contribution in [-0.4, -0.2) is 100 Å². The lowest BCUT2D eigenvalue weighted by molar-refractivity contribution is -0.152. The number of ketones is 3. The van der Waals surface area contributed by atoms with E-state index < -0.39 is 57.4 Å². The van der Waals surface area contributed by atoms with Gasteiger partial charge in [0.15, 0.2) is 17.2 Å². The maximum atomic E-state index is 14.0. The Morgan fingerprint density at radius 2 is 1.89 bits per heavy atom. The van der Waals surface area contributed by atoms with Crippen LogP contribution in [-0.2, 0) is 27.3 Å². The van der Waals surface area contributed by atoms with Gasteiger partial charge in [-0.05, 0) is 58.1 Å². The molecule has 0 aliphatic heterocycles. The van der Waals surface area contributed by atoms with Gasteiger partial charge < -0.3 is 35.6 Å². The smallest absolute Gasteiger partial charge is 0.209 e. The largest absolute Gasteiger partial charge is 0.510 e. The second-order valence-corrected chi connectivity index (χ2v) is 10.5. The van der Waals surface area contributed by atoms with Crippen LogP contribution in [0.15, 0.2) is 34.8 Å². The van der Waals surface area contributed by atoms with Crippen LogP contribution in [0.3, 0.4) is 0 Å². The summed E-state index contributed by atoms with van der Waals surface area (Å²) in [5, 5.41) is 57.6. The minimum absolute atomic E-state index is 0.0447. The molecule has 4 rings (SSSR count). The van der Waals surface area contributed by atoms with E-state index in [-0.39, 0.29) is 49.5 Å². The zero-order valence-electron chi connectivity index (χ0n) is 21.9. The molecule has 0 heterocycles. The SMILES string of the molecule is CNCc1ccc(O)c2c1C[C@@]1(COCCO)C[C@H]3[C@H](N(C)C)C(O)=C(C(C)=O)C(=O)[C@@]3(O)C(O)=C1C2=O. The molecule has 206 valence electrons. The fourth-order valence-corrected chi connectivity index (χ4v) is 6.47. The molecule has 0 unspecified atom stereocenters. The van der Waals surface area contributed by atoms with Crippen molar-refractivity contribution in [2.24, 2.45) is 11.3 Å². The second-order valence-electron chi connectivity index (χ2n) is 10.5. The van der Waals surface area contributed by atoms with Gasteiger partial charge >= 0.3 is 0 Å². The van der Waals surface area contributed by atoms with Crippen molar-refractivity contribution < 1.29 is 44.7 Å². The predicted octanol–water partition coefficient (Wildman–Crippen LogP) is 0.323. The average Bonchev–Trinajstić information content (AvgIpc) is 2.83. The van der Waals surface area contributed by atoms with Gasteiger partial charge in [-0.2, -0.15) is 0 Å². The molecule has 0 amide bonds. The molecule has 11 nitrogen and oxygen atoms in total. The molecule has 3 aliphatic carbocycles. The van der Waals surface area contributed by atoms with Crippen LogP contribution in [0.2, 0.25) is 0 Å². The van der Waals surface area contributed by atoms with Gasteiger partial charge in [-0.1, -0.05) is 6.07 Å². The lowest BCUT2D eigenvalue weighted by Gasteiger charge is -2.54. The number of likely N-dealkylation sites (N-methyl/N-ethyl adjacent to an activating group) is 1. The van der Waals surface area contributed by atoms with Crippen molar-refractivity contribution in [1.82, 2.24) is 10.2 Å². The number of carbonyl (C=O) groups is 3. The van der Waals surface area contributed by atoms with Crippen LogP contribution in [0.1, 0.15) is 34.8 Å². The van der Waals surface area contributed by atoms with Gasteiger partial charge in [0.1, 0.15) is 22.8 Å². The zero-order valence-corrected chi connectivity index (χ0v) is 21.9. The first-order valence-electron chi connectivity index (χ1n) is 12.4. The van der Waals surface area contributed by atoms with Gasteiger partial charge in [-0.25, -0.2) is 0 Å². The highest BCUT2D eigenvalue weighted by atomic mass is 16.5. The Balaban J connectivity index is 2.04. The van der Waals surface area contributed by atoms with Crippen molar-refractivity contribution in [1.29, 1.82) is 0 Å². The Labute approximate surface area is 220 Å². The van der Waals surface area contributed by atoms with Crippen LogP contribution in [0, 0.1) is 11.3 Å². The van der Waals surface area contributed by atoms with E-state index >= 15 is 0 Å². The average molecular weight is 531 g/mol. The van der Waals surface area contributed by atoms with E-state index in [2.05, 4.69) is 5.32 Å². The number of phenols is 1. The maximum Gasteiger partial charge on any atom is 0.209 e. The number of hydrogen-bond acceptors (Lipinski definition) is 11. The number of aromatic hydroxyl groups is 1. The summed E-state index contributed by atoms with van der Waals surface area (Å²) in [7, 11) is 4.94. The quantitative estimate of drug-likeness (QED) is 0.202. The lowest BCUT2D eigenvalue weighted by Crippen LogP contribution is -2.65. The van der Waals surface area contributed by atoms with Crippen LogP contribution >= 0.6 is 0 Å². The number of carbonyl (C=O) groups excluding carboxylic acids is 3. The van der Waals surface area contributed by atoms with Crippen LogP contribution in [0.25, 0.3) is 0 Å². The monoisotopic (exact) mass is 530 g/mol. The first-order valence-corrected chi connectivity index (χ1v) is 12.4. The number of hydrogen-bond donors (Lipinski definition) is 6. The number of ether oxygens (including phenoxy) is 1. The van der Waals surface area contributed by atoms with Gasteiger partial charge in [0.25, 0.3) is 0 Å². The molecule has 0 saturated carbocycles. The highest BCUT2D eigenvalue weighted by Gasteiger charge is 2.66. The Hall–Kier alpha value is -3.09. The zero-order chi connectivity index (χ0) is 28.2. The van der Waals surface area contributed by atoms with Crippen molar-refractivity contribution in [3.63, 3.8) is 0 Å². The third-order valence-corrected chi connectivity index (χ3v) is 8.01. The molecule has 3 aliphatic rings. The summed E-state index contributed by atoms with van der Waals surface area (Å²) >= 11 is 0. The number of phenolic OH excluding ortho intramolecular Hbond substituents is 1. The summed E-state index contributed by atoms with van der Waals surface area (Å²) in [6.45, 7) is 0.938. The number of aliphatic hydroxyl groups is 4. The van der Waals surface area contributed by atoms with Gasteiger partial charge in [-0.15, -0.1) is 0 Å². The molecule has 0 spiro atoms. The highest BCUT2D eigenvalue weighted by Crippen LogP contribution is 2.58. The van der Waals surface area contributed by atoms with Crippen molar-refractivity contribution in [3.8, 4) is 5.75 Å². The number of nitrogens with one attached hydrogen (secondary N) is 1. The Kier molecular flexibility index (Phi) is 7.28. The van der Waals surface area contributed by atoms with E-state index in [9.17, 15) is 39.9 Å². The van der Waals surface area contributed by atoms with Gasteiger partial charge in [0.05, 0.1) is 37.0 Å². The van der Waals surface area contributed by atoms with Gasteiger partial charge in [0.2, 0.25) is 5.78 Å². The summed E-state index contributed by atoms with van der Waals surface area (Å²) in [4.78, 5) is 41.5. The van der Waals surface area contributed by atoms with E-state index in [1.54, 1.807) is 27.2 Å². The molecule has 1 aromatic carbocycles. The fraction of sp³-hybridized carbons (Fsp3) is 0.519. The minimum atomic E-state index is -2.68. The third-order valence-electron chi connectivity index (χ3n) is 8.01. The number of nitrogens with zero attached hydrogens (tertiary/aromatic N) is 1. The van der Waals surface area contributed by atoms with E-state index in [0.717, 1.165) is 12.5 Å². The topological polar surface area (TPSA) is 177 Å². The molecule has 0 fully saturated rings. The van der Waals surface area contributed by atoms with E-state index in [1.165, 1.54) is 11.0 Å². The predicted molar refractivity (Wildman–Crippen MR) is 135 cm³/mol. The highest BCUT2D eigenvalue weighted by molar-refractivity contribution is 6.25. The third kappa shape index (κ3) is 3.88. The molecule has 11 heteroatoms. The Bertz CT molecular complexity index is 1270. The van der Waals surface area contributed by atoms with Crippen LogP contribution in [0.4, 0.5) is 0 Å². The molecule has 38 heavy (non-hydrogen) atoms. The molecule has 4 atom stereocenters. The van der Waals surface area contributed by atoms with E-state index in [4.69, 9.17) is 4.74 Å². The molecular weight excluding hydrogens is 496 g/mol. The molecule has 6 N–H and O–H groups in total. The van der Waals surface area contributed by atoms with Gasteiger partial charge in [0, 0.05) is 17.9 Å². The minimum Gasteiger partial charge on any atom is -0.510 e. The molecule has 1 aromatic rings. The maximum absolute atomic E-state index is 14.0. The number of Topliss-reactive ketones (excluding diaryl/α,β-unsaturated/α-hetero) is 3. The summed E-state index contributed by atoms with van der Waals surface area (Å²) in [5.41, 5.74) is -3.65. The number of aliphatic hydroxyl groups excluding tert-OH is 3. The molecule has 0 aromatic heterocycles. The standard InChI is InChI=1S/C27H34N2O9/c1-13(31)18-23(34)21(29(3)4)16-10-26(12-38-8-7-30)9-15-14(11-28-2)5-6-17(32)19(15)22(33)20(26)25(36)27(16,37)24(18)35/h5-6,16,21,28,30,32,34,36-37H,7-12H2,1-4H3/t16-,21-,26-,27+/m0/s1. The number of rotatable bonds is 8. The molecule has 0 bridgehead atoms. The fourth-order valence-electron chi connectivity index (χ4n) is 6.47. The number of benzene rings is 1.